The number of anilines is 1. The van der Waals surface area contributed by atoms with Crippen LogP contribution in [0, 0.1) is 14.9 Å². The van der Waals surface area contributed by atoms with Crippen molar-refractivity contribution in [2.24, 2.45) is 0 Å². The Hall–Kier alpha value is -1.95. The molecule has 0 spiro atoms. The van der Waals surface area contributed by atoms with Crippen LogP contribution in [0.1, 0.15) is 17.5 Å². The van der Waals surface area contributed by atoms with Gasteiger partial charge in [-0.2, -0.15) is 5.26 Å². The third-order valence-corrected chi connectivity index (χ3v) is 5.38. The molecule has 2 aromatic carbocycles. The van der Waals surface area contributed by atoms with Crippen LogP contribution in [0.2, 0.25) is 0 Å². The Bertz CT molecular complexity index is 798. The summed E-state index contributed by atoms with van der Waals surface area (Å²) in [5, 5.41) is 11.9. The van der Waals surface area contributed by atoms with Gasteiger partial charge in [0, 0.05) is 28.9 Å². The van der Waals surface area contributed by atoms with Gasteiger partial charge in [-0.15, -0.1) is 0 Å². The molecule has 5 nitrogen and oxygen atoms in total. The zero-order chi connectivity index (χ0) is 19.1. The first-order valence-electron chi connectivity index (χ1n) is 9.11. The molecule has 3 rings (SSSR count). The highest BCUT2D eigenvalue weighted by Crippen LogP contribution is 2.12. The number of hydrogen-bond donors (Lipinski definition) is 1. The fourth-order valence-corrected chi connectivity index (χ4v) is 3.58. The number of nitriles is 1. The molecule has 1 saturated heterocycles. The third kappa shape index (κ3) is 6.31. The minimum Gasteiger partial charge on any atom is -0.325 e. The van der Waals surface area contributed by atoms with E-state index in [1.54, 1.807) is 0 Å². The van der Waals surface area contributed by atoms with Crippen LogP contribution in [-0.2, 0) is 11.3 Å². The molecule has 0 aliphatic carbocycles. The Morgan fingerprint density at radius 3 is 2.37 bits per heavy atom. The molecule has 1 aliphatic rings. The number of halogens is 1. The molecule has 0 unspecified atom stereocenters. The highest BCUT2D eigenvalue weighted by atomic mass is 127. The maximum absolute atomic E-state index is 12.3. The topological polar surface area (TPSA) is 59.4 Å². The van der Waals surface area contributed by atoms with E-state index in [1.165, 1.54) is 5.56 Å². The van der Waals surface area contributed by atoms with Crippen molar-refractivity contribution in [3.8, 4) is 6.07 Å². The Morgan fingerprint density at radius 1 is 1.00 bits per heavy atom. The molecule has 27 heavy (non-hydrogen) atoms. The first-order valence-corrected chi connectivity index (χ1v) is 10.2. The summed E-state index contributed by atoms with van der Waals surface area (Å²) >= 11 is 2.25. The number of benzene rings is 2. The second-order valence-corrected chi connectivity index (χ2v) is 8.02. The van der Waals surface area contributed by atoms with Gasteiger partial charge < -0.3 is 5.32 Å². The van der Waals surface area contributed by atoms with Crippen molar-refractivity contribution in [3.05, 3.63) is 63.2 Å². The molecule has 0 bridgehead atoms. The van der Waals surface area contributed by atoms with Crippen LogP contribution in [0.3, 0.4) is 0 Å². The lowest BCUT2D eigenvalue weighted by molar-refractivity contribution is -0.117. The first-order chi connectivity index (χ1) is 13.1. The molecular weight excluding hydrogens is 451 g/mol. The SMILES string of the molecule is N#Cc1ccc(CN2CCCN(CC(=O)Nc3ccc(I)cc3)CC2)cc1. The van der Waals surface area contributed by atoms with Gasteiger partial charge in [-0.25, -0.2) is 0 Å². The molecule has 0 radical (unpaired) electrons. The molecular formula is C21H23IN4O. The summed E-state index contributed by atoms with van der Waals surface area (Å²) in [6, 6.07) is 17.8. The minimum absolute atomic E-state index is 0.0387. The van der Waals surface area contributed by atoms with Crippen LogP contribution in [0.5, 0.6) is 0 Å². The molecule has 2 aromatic rings. The quantitative estimate of drug-likeness (QED) is 0.676. The molecule has 1 N–H and O–H groups in total. The second-order valence-electron chi connectivity index (χ2n) is 6.77. The lowest BCUT2D eigenvalue weighted by Gasteiger charge is -2.21. The maximum atomic E-state index is 12.3. The molecule has 6 heteroatoms. The van der Waals surface area contributed by atoms with Crippen molar-refractivity contribution in [1.29, 1.82) is 5.26 Å². The van der Waals surface area contributed by atoms with E-state index < -0.39 is 0 Å². The normalized spacial score (nSPS) is 15.7. The average Bonchev–Trinajstić information content (AvgIpc) is 2.89. The van der Waals surface area contributed by atoms with Crippen LogP contribution < -0.4 is 5.32 Å². The number of nitrogens with one attached hydrogen (secondary N) is 1. The van der Waals surface area contributed by atoms with E-state index in [0.29, 0.717) is 12.1 Å². The van der Waals surface area contributed by atoms with Crippen molar-refractivity contribution in [3.63, 3.8) is 0 Å². The van der Waals surface area contributed by atoms with E-state index in [4.69, 9.17) is 5.26 Å². The van der Waals surface area contributed by atoms with Crippen molar-refractivity contribution in [1.82, 2.24) is 9.80 Å². The smallest absolute Gasteiger partial charge is 0.238 e. The number of carbonyl (C=O) groups excluding carboxylic acids is 1. The Morgan fingerprint density at radius 2 is 1.67 bits per heavy atom. The second kappa shape index (κ2) is 9.83. The number of amides is 1. The summed E-state index contributed by atoms with van der Waals surface area (Å²) in [4.78, 5) is 17.0. The van der Waals surface area contributed by atoms with Gasteiger partial charge in [-0.3, -0.25) is 14.6 Å². The molecule has 1 fully saturated rings. The molecule has 1 heterocycles. The van der Waals surface area contributed by atoms with E-state index in [0.717, 1.165) is 48.4 Å². The first kappa shape index (κ1) is 19.8. The van der Waals surface area contributed by atoms with Crippen LogP contribution in [0.15, 0.2) is 48.5 Å². The monoisotopic (exact) mass is 474 g/mol. The van der Waals surface area contributed by atoms with Gasteiger partial charge in [0.05, 0.1) is 18.2 Å². The molecule has 0 aromatic heterocycles. The molecule has 1 amide bonds. The fourth-order valence-electron chi connectivity index (χ4n) is 3.22. The van der Waals surface area contributed by atoms with Gasteiger partial charge in [-0.05, 0) is 84.1 Å². The molecule has 1 aliphatic heterocycles. The largest absolute Gasteiger partial charge is 0.325 e. The highest BCUT2D eigenvalue weighted by Gasteiger charge is 2.17. The summed E-state index contributed by atoms with van der Waals surface area (Å²) in [6.45, 7) is 5.09. The lowest BCUT2D eigenvalue weighted by Crippen LogP contribution is -2.36. The number of carbonyl (C=O) groups is 1. The highest BCUT2D eigenvalue weighted by molar-refractivity contribution is 14.1. The van der Waals surface area contributed by atoms with Crippen molar-refractivity contribution >= 4 is 34.2 Å². The summed E-state index contributed by atoms with van der Waals surface area (Å²) in [5.74, 6) is 0.0387. The summed E-state index contributed by atoms with van der Waals surface area (Å²) in [6.07, 6.45) is 1.05. The third-order valence-electron chi connectivity index (χ3n) is 4.67. The van der Waals surface area contributed by atoms with Gasteiger partial charge in [0.1, 0.15) is 0 Å². The van der Waals surface area contributed by atoms with Crippen LogP contribution >= 0.6 is 22.6 Å². The van der Waals surface area contributed by atoms with Gasteiger partial charge in [0.2, 0.25) is 5.91 Å². The van der Waals surface area contributed by atoms with Crippen molar-refractivity contribution < 1.29 is 4.79 Å². The summed E-state index contributed by atoms with van der Waals surface area (Å²) in [7, 11) is 0. The predicted molar refractivity (Wildman–Crippen MR) is 115 cm³/mol. The van der Waals surface area contributed by atoms with Gasteiger partial charge in [0.25, 0.3) is 0 Å². The standard InChI is InChI=1S/C21H23IN4O/c22-19-6-8-20(9-7-19)24-21(27)16-26-11-1-10-25(12-13-26)15-18-4-2-17(14-23)3-5-18/h2-9H,1,10-13,15-16H2,(H,24,27). The summed E-state index contributed by atoms with van der Waals surface area (Å²) < 4.78 is 1.15. The van der Waals surface area contributed by atoms with E-state index in [-0.39, 0.29) is 5.91 Å². The number of rotatable bonds is 5. The van der Waals surface area contributed by atoms with E-state index in [1.807, 2.05) is 48.5 Å². The number of hydrogen-bond acceptors (Lipinski definition) is 4. The zero-order valence-electron chi connectivity index (χ0n) is 15.2. The fraction of sp³-hybridized carbons (Fsp3) is 0.333. The predicted octanol–water partition coefficient (Wildman–Crippen LogP) is 3.31. The van der Waals surface area contributed by atoms with Crippen LogP contribution in [-0.4, -0.2) is 48.4 Å². The van der Waals surface area contributed by atoms with Crippen molar-refractivity contribution in [2.75, 3.05) is 38.0 Å². The Kier molecular flexibility index (Phi) is 7.21. The molecule has 0 saturated carbocycles. The van der Waals surface area contributed by atoms with E-state index in [2.05, 4.69) is 43.8 Å². The van der Waals surface area contributed by atoms with Crippen LogP contribution in [0.25, 0.3) is 0 Å². The molecule has 140 valence electrons. The Labute approximate surface area is 174 Å². The van der Waals surface area contributed by atoms with E-state index in [9.17, 15) is 4.79 Å². The van der Waals surface area contributed by atoms with Crippen LogP contribution in [0.4, 0.5) is 5.69 Å². The lowest BCUT2D eigenvalue weighted by atomic mass is 10.1. The van der Waals surface area contributed by atoms with E-state index >= 15 is 0 Å². The minimum atomic E-state index is 0.0387. The maximum Gasteiger partial charge on any atom is 0.238 e. The zero-order valence-corrected chi connectivity index (χ0v) is 17.4. The van der Waals surface area contributed by atoms with Gasteiger partial charge >= 0.3 is 0 Å². The van der Waals surface area contributed by atoms with Gasteiger partial charge in [-0.1, -0.05) is 12.1 Å². The molecule has 0 atom stereocenters. The number of nitrogens with zero attached hydrogens (tertiary/aromatic N) is 3. The Balaban J connectivity index is 1.46. The van der Waals surface area contributed by atoms with Crippen molar-refractivity contribution in [2.45, 2.75) is 13.0 Å². The van der Waals surface area contributed by atoms with Gasteiger partial charge in [0.15, 0.2) is 0 Å². The summed E-state index contributed by atoms with van der Waals surface area (Å²) in [5.41, 5.74) is 2.76. The average molecular weight is 474 g/mol.